The number of ketones is 1. The molecule has 4 rings (SSSR count). The van der Waals surface area contributed by atoms with Crippen LogP contribution in [0.3, 0.4) is 0 Å². The number of hydrogen-bond acceptors (Lipinski definition) is 4. The topological polar surface area (TPSA) is 35.5 Å². The number of carbonyl (C=O) groups is 1. The fourth-order valence-electron chi connectivity index (χ4n) is 2.49. The highest BCUT2D eigenvalue weighted by molar-refractivity contribution is 8.04. The van der Waals surface area contributed by atoms with E-state index in [0.717, 1.165) is 38.0 Å². The molecule has 0 saturated carbocycles. The molecule has 3 nitrogen and oxygen atoms in total. The fourth-order valence-corrected chi connectivity index (χ4v) is 3.53. The maximum absolute atomic E-state index is 12.4. The fraction of sp³-hybridized carbons (Fsp3) is 0.118. The van der Waals surface area contributed by atoms with E-state index in [9.17, 15) is 4.79 Å². The highest BCUT2D eigenvalue weighted by Gasteiger charge is 2.25. The predicted molar refractivity (Wildman–Crippen MR) is 81.9 cm³/mol. The minimum atomic E-state index is 0.0904. The second kappa shape index (κ2) is 4.67. The molecule has 0 bridgehead atoms. The number of benzene rings is 2. The van der Waals surface area contributed by atoms with E-state index in [0.29, 0.717) is 0 Å². The van der Waals surface area contributed by atoms with Gasteiger partial charge in [-0.2, -0.15) is 0 Å². The van der Waals surface area contributed by atoms with Gasteiger partial charge in [0, 0.05) is 10.5 Å². The smallest absolute Gasteiger partial charge is 0.231 e. The molecule has 104 valence electrons. The van der Waals surface area contributed by atoms with E-state index in [1.807, 2.05) is 49.4 Å². The van der Waals surface area contributed by atoms with Crippen LogP contribution in [-0.4, -0.2) is 12.6 Å². The first kappa shape index (κ1) is 12.5. The Hall–Kier alpha value is -2.20. The summed E-state index contributed by atoms with van der Waals surface area (Å²) in [7, 11) is 0. The van der Waals surface area contributed by atoms with Crippen molar-refractivity contribution in [2.45, 2.75) is 11.8 Å². The zero-order valence-corrected chi connectivity index (χ0v) is 12.2. The standard InChI is InChI=1S/C17H12O3S/c1-10-6-13-14(20-9-19-13)7-11(10)8-16-17(18)12-4-2-3-5-15(12)21-16/h2-8H,9H2,1H3. The molecule has 0 aromatic heterocycles. The van der Waals surface area contributed by atoms with Crippen molar-refractivity contribution in [1.82, 2.24) is 0 Å². The number of ether oxygens (including phenoxy) is 2. The molecule has 0 amide bonds. The number of Topliss-reactive ketones (excluding diaryl/α,β-unsaturated/α-hetero) is 1. The number of hydrogen-bond donors (Lipinski definition) is 0. The number of fused-ring (bicyclic) bond motifs is 2. The maximum atomic E-state index is 12.4. The number of thioether (sulfide) groups is 1. The van der Waals surface area contributed by atoms with E-state index in [2.05, 4.69) is 0 Å². The van der Waals surface area contributed by atoms with Crippen LogP contribution in [0.15, 0.2) is 46.2 Å². The van der Waals surface area contributed by atoms with Gasteiger partial charge in [0.15, 0.2) is 11.5 Å². The van der Waals surface area contributed by atoms with Crippen LogP contribution in [0.5, 0.6) is 11.5 Å². The van der Waals surface area contributed by atoms with Crippen LogP contribution in [0.25, 0.3) is 6.08 Å². The van der Waals surface area contributed by atoms with Crippen molar-refractivity contribution in [3.63, 3.8) is 0 Å². The molecule has 0 radical (unpaired) electrons. The second-order valence-corrected chi connectivity index (χ2v) is 6.08. The van der Waals surface area contributed by atoms with Gasteiger partial charge in [-0.05, 0) is 48.4 Å². The van der Waals surface area contributed by atoms with Gasteiger partial charge >= 0.3 is 0 Å². The molecule has 2 aromatic rings. The third kappa shape index (κ3) is 2.03. The van der Waals surface area contributed by atoms with Gasteiger partial charge in [0.1, 0.15) is 0 Å². The van der Waals surface area contributed by atoms with Crippen molar-refractivity contribution < 1.29 is 14.3 Å². The normalized spacial score (nSPS) is 17.4. The van der Waals surface area contributed by atoms with E-state index in [4.69, 9.17) is 9.47 Å². The third-order valence-corrected chi connectivity index (χ3v) is 4.72. The first-order valence-electron chi connectivity index (χ1n) is 6.66. The summed E-state index contributed by atoms with van der Waals surface area (Å²) in [6, 6.07) is 11.6. The van der Waals surface area contributed by atoms with Gasteiger partial charge in [-0.1, -0.05) is 23.9 Å². The second-order valence-electron chi connectivity index (χ2n) is 5.00. The van der Waals surface area contributed by atoms with Gasteiger partial charge in [-0.3, -0.25) is 4.79 Å². The Labute approximate surface area is 126 Å². The lowest BCUT2D eigenvalue weighted by atomic mass is 10.1. The monoisotopic (exact) mass is 296 g/mol. The molecular formula is C17H12O3S. The van der Waals surface area contributed by atoms with E-state index in [-0.39, 0.29) is 12.6 Å². The molecule has 2 aliphatic heterocycles. The van der Waals surface area contributed by atoms with Crippen molar-refractivity contribution in [2.75, 3.05) is 6.79 Å². The Balaban J connectivity index is 1.75. The summed E-state index contributed by atoms with van der Waals surface area (Å²) in [5, 5.41) is 0. The van der Waals surface area contributed by atoms with Crippen LogP contribution in [0, 0.1) is 6.92 Å². The molecule has 0 spiro atoms. The summed E-state index contributed by atoms with van der Waals surface area (Å²) in [5.74, 6) is 1.59. The van der Waals surface area contributed by atoms with Crippen molar-refractivity contribution in [3.8, 4) is 11.5 Å². The van der Waals surface area contributed by atoms with Crippen molar-refractivity contribution >= 4 is 23.6 Å². The highest BCUT2D eigenvalue weighted by atomic mass is 32.2. The average molecular weight is 296 g/mol. The predicted octanol–water partition coefficient (Wildman–Crippen LogP) is 4.05. The number of carbonyl (C=O) groups excluding carboxylic acids is 1. The minimum absolute atomic E-state index is 0.0904. The number of aryl methyl sites for hydroxylation is 1. The first-order valence-corrected chi connectivity index (χ1v) is 7.47. The molecule has 0 fully saturated rings. The van der Waals surface area contributed by atoms with Crippen LogP contribution in [0.4, 0.5) is 0 Å². The highest BCUT2D eigenvalue weighted by Crippen LogP contribution is 2.42. The lowest BCUT2D eigenvalue weighted by Crippen LogP contribution is -1.94. The molecular weight excluding hydrogens is 284 g/mol. The summed E-state index contributed by atoms with van der Waals surface area (Å²) in [4.78, 5) is 14.2. The van der Waals surface area contributed by atoms with E-state index < -0.39 is 0 Å². The minimum Gasteiger partial charge on any atom is -0.454 e. The maximum Gasteiger partial charge on any atom is 0.231 e. The Morgan fingerprint density at radius 3 is 2.71 bits per heavy atom. The molecule has 0 unspecified atom stereocenters. The summed E-state index contributed by atoms with van der Waals surface area (Å²) in [6.07, 6.45) is 1.93. The molecule has 0 atom stereocenters. The number of allylic oxidation sites excluding steroid dienone is 1. The van der Waals surface area contributed by atoms with E-state index >= 15 is 0 Å². The molecule has 4 heteroatoms. The van der Waals surface area contributed by atoms with Gasteiger partial charge in [0.05, 0.1) is 4.91 Å². The largest absolute Gasteiger partial charge is 0.454 e. The van der Waals surface area contributed by atoms with Gasteiger partial charge in [0.25, 0.3) is 0 Å². The lowest BCUT2D eigenvalue weighted by molar-refractivity contribution is 0.104. The Bertz CT molecular complexity index is 793. The van der Waals surface area contributed by atoms with E-state index in [1.165, 1.54) is 11.8 Å². The summed E-state index contributed by atoms with van der Waals surface area (Å²) < 4.78 is 10.8. The molecule has 0 N–H and O–H groups in total. The lowest BCUT2D eigenvalue weighted by Gasteiger charge is -2.04. The van der Waals surface area contributed by atoms with Gasteiger partial charge in [0.2, 0.25) is 12.6 Å². The number of rotatable bonds is 1. The molecule has 0 saturated heterocycles. The van der Waals surface area contributed by atoms with Crippen LogP contribution < -0.4 is 9.47 Å². The van der Waals surface area contributed by atoms with Gasteiger partial charge < -0.3 is 9.47 Å². The van der Waals surface area contributed by atoms with Crippen LogP contribution >= 0.6 is 11.8 Å². The van der Waals surface area contributed by atoms with Crippen LogP contribution in [0.2, 0.25) is 0 Å². The average Bonchev–Trinajstić information content (AvgIpc) is 3.05. The first-order chi connectivity index (χ1) is 10.2. The summed E-state index contributed by atoms with van der Waals surface area (Å²) in [6.45, 7) is 2.26. The SMILES string of the molecule is Cc1cc2c(cc1C=C1Sc3ccccc3C1=O)OCO2. The molecule has 21 heavy (non-hydrogen) atoms. The zero-order valence-electron chi connectivity index (χ0n) is 11.4. The van der Waals surface area contributed by atoms with E-state index in [1.54, 1.807) is 0 Å². The van der Waals surface area contributed by atoms with Crippen molar-refractivity contribution in [3.05, 3.63) is 58.0 Å². The molecule has 2 aliphatic rings. The molecule has 2 heterocycles. The van der Waals surface area contributed by atoms with Crippen molar-refractivity contribution in [1.29, 1.82) is 0 Å². The summed E-state index contributed by atoms with van der Waals surface area (Å²) >= 11 is 1.52. The van der Waals surface area contributed by atoms with Crippen molar-refractivity contribution in [2.24, 2.45) is 0 Å². The summed E-state index contributed by atoms with van der Waals surface area (Å²) in [5.41, 5.74) is 2.84. The van der Waals surface area contributed by atoms with Gasteiger partial charge in [-0.25, -0.2) is 0 Å². The Morgan fingerprint density at radius 2 is 1.90 bits per heavy atom. The Morgan fingerprint density at radius 1 is 1.14 bits per heavy atom. The molecule has 2 aromatic carbocycles. The van der Waals surface area contributed by atoms with Crippen LogP contribution in [0.1, 0.15) is 21.5 Å². The quantitative estimate of drug-likeness (QED) is 0.744. The molecule has 0 aliphatic carbocycles. The van der Waals surface area contributed by atoms with Crippen LogP contribution in [-0.2, 0) is 0 Å². The third-order valence-electron chi connectivity index (χ3n) is 3.62. The van der Waals surface area contributed by atoms with Gasteiger partial charge in [-0.15, -0.1) is 0 Å². The Kier molecular flexibility index (Phi) is 2.79. The zero-order chi connectivity index (χ0) is 14.4.